The van der Waals surface area contributed by atoms with Crippen molar-refractivity contribution < 1.29 is 37.8 Å². The zero-order valence-corrected chi connectivity index (χ0v) is 9.98. The van der Waals surface area contributed by atoms with Crippen molar-refractivity contribution in [3.8, 4) is 5.88 Å². The molecule has 0 saturated carbocycles. The molecular weight excluding hydrogens is 237 g/mol. The van der Waals surface area contributed by atoms with E-state index in [-0.39, 0.29) is 38.6 Å². The standard InChI is InChI=1S/C6H7N2OS.Y/c1-4-3-5(9)8-6(7-4)10-2;/h1-2H3,(H,7,8,9);/q-1;. The van der Waals surface area contributed by atoms with Crippen LogP contribution in [0.2, 0.25) is 0 Å². The van der Waals surface area contributed by atoms with Gasteiger partial charge in [0.15, 0.2) is 5.16 Å². The van der Waals surface area contributed by atoms with Crippen molar-refractivity contribution in [2.24, 2.45) is 0 Å². The largest absolute Gasteiger partial charge is 0.526 e. The average Bonchev–Trinajstić information content (AvgIpc) is 1.85. The van der Waals surface area contributed by atoms with Crippen molar-refractivity contribution in [2.75, 3.05) is 6.26 Å². The summed E-state index contributed by atoms with van der Waals surface area (Å²) < 4.78 is 0. The smallest absolute Gasteiger partial charge is 0.185 e. The Kier molecular flexibility index (Phi) is 5.22. The van der Waals surface area contributed by atoms with Gasteiger partial charge in [-0.3, -0.25) is 4.98 Å². The van der Waals surface area contributed by atoms with Gasteiger partial charge in [0.2, 0.25) is 0 Å². The molecule has 1 radical (unpaired) electrons. The molecule has 0 unspecified atom stereocenters. The van der Waals surface area contributed by atoms with Gasteiger partial charge in [-0.15, -0.1) is 5.69 Å². The van der Waals surface area contributed by atoms with Gasteiger partial charge >= 0.3 is 0 Å². The summed E-state index contributed by atoms with van der Waals surface area (Å²) in [5.74, 6) is -0.0862. The van der Waals surface area contributed by atoms with Crippen LogP contribution in [-0.4, -0.2) is 21.3 Å². The Bertz CT molecular complexity index is 224. The summed E-state index contributed by atoms with van der Waals surface area (Å²) >= 11 is 1.39. The van der Waals surface area contributed by atoms with Crippen LogP contribution >= 0.6 is 11.8 Å². The van der Waals surface area contributed by atoms with E-state index in [1.807, 2.05) is 6.26 Å². The van der Waals surface area contributed by atoms with E-state index in [0.717, 1.165) is 0 Å². The summed E-state index contributed by atoms with van der Waals surface area (Å²) in [5.41, 5.74) is 0.664. The quantitative estimate of drug-likeness (QED) is 0.455. The molecule has 0 saturated heterocycles. The van der Waals surface area contributed by atoms with Crippen molar-refractivity contribution in [3.05, 3.63) is 11.8 Å². The monoisotopic (exact) mass is 244 g/mol. The number of aryl methyl sites for hydroxylation is 1. The number of hydrogen-bond acceptors (Lipinski definition) is 4. The Labute approximate surface area is 94.9 Å². The SMILES string of the molecule is CSc1nc(C)[c-]c(O)n1.[Y]. The van der Waals surface area contributed by atoms with E-state index >= 15 is 0 Å². The third-order valence-corrected chi connectivity index (χ3v) is 1.49. The van der Waals surface area contributed by atoms with Crippen molar-refractivity contribution >= 4 is 11.8 Å². The molecule has 1 N–H and O–H groups in total. The van der Waals surface area contributed by atoms with Crippen molar-refractivity contribution in [2.45, 2.75) is 12.1 Å². The molecule has 57 valence electrons. The van der Waals surface area contributed by atoms with Crippen molar-refractivity contribution in [3.63, 3.8) is 0 Å². The Morgan fingerprint density at radius 2 is 2.09 bits per heavy atom. The van der Waals surface area contributed by atoms with Gasteiger partial charge < -0.3 is 11.2 Å². The molecule has 0 atom stereocenters. The summed E-state index contributed by atoms with van der Waals surface area (Å²) in [6, 6.07) is 2.56. The molecule has 3 nitrogen and oxygen atoms in total. The summed E-state index contributed by atoms with van der Waals surface area (Å²) in [7, 11) is 0. The summed E-state index contributed by atoms with van der Waals surface area (Å²) in [6.07, 6.45) is 1.86. The number of hydrogen-bond donors (Lipinski definition) is 1. The minimum Gasteiger partial charge on any atom is -0.526 e. The molecule has 0 aliphatic heterocycles. The zero-order chi connectivity index (χ0) is 7.56. The van der Waals surface area contributed by atoms with Crippen LogP contribution in [0.1, 0.15) is 5.69 Å². The van der Waals surface area contributed by atoms with Crippen molar-refractivity contribution in [1.82, 2.24) is 9.97 Å². The first-order chi connectivity index (χ1) is 4.72. The molecule has 0 aromatic carbocycles. The fraction of sp³-hybridized carbons (Fsp3) is 0.333. The summed E-state index contributed by atoms with van der Waals surface area (Å²) in [4.78, 5) is 7.69. The average molecular weight is 244 g/mol. The van der Waals surface area contributed by atoms with Gasteiger partial charge in [-0.05, 0) is 6.26 Å². The summed E-state index contributed by atoms with van der Waals surface area (Å²) in [5, 5.41) is 9.48. The van der Waals surface area contributed by atoms with E-state index in [1.54, 1.807) is 6.92 Å². The minimum atomic E-state index is -0.0862. The minimum absolute atomic E-state index is 0. The van der Waals surface area contributed by atoms with Gasteiger partial charge in [0, 0.05) is 38.6 Å². The first-order valence-corrected chi connectivity index (χ1v) is 3.96. The van der Waals surface area contributed by atoms with E-state index in [0.29, 0.717) is 10.9 Å². The summed E-state index contributed by atoms with van der Waals surface area (Å²) in [6.45, 7) is 1.76. The second-order valence-electron chi connectivity index (χ2n) is 1.74. The van der Waals surface area contributed by atoms with E-state index in [1.165, 1.54) is 11.8 Å². The van der Waals surface area contributed by atoms with Crippen LogP contribution < -0.4 is 0 Å². The topological polar surface area (TPSA) is 46.0 Å². The van der Waals surface area contributed by atoms with Crippen LogP contribution in [0.3, 0.4) is 0 Å². The van der Waals surface area contributed by atoms with Crippen LogP contribution in [0.5, 0.6) is 5.88 Å². The number of nitrogens with zero attached hydrogens (tertiary/aromatic N) is 2. The van der Waals surface area contributed by atoms with Gasteiger partial charge in [0.25, 0.3) is 0 Å². The normalized spacial score (nSPS) is 8.91. The number of thioether (sulfide) groups is 1. The van der Waals surface area contributed by atoms with Gasteiger partial charge in [-0.1, -0.05) is 18.7 Å². The van der Waals surface area contributed by atoms with E-state index in [9.17, 15) is 0 Å². The predicted octanol–water partition coefficient (Wildman–Crippen LogP) is 1.01. The maximum atomic E-state index is 8.90. The Morgan fingerprint density at radius 3 is 2.55 bits per heavy atom. The second kappa shape index (κ2) is 5.06. The van der Waals surface area contributed by atoms with Gasteiger partial charge in [0.1, 0.15) is 0 Å². The van der Waals surface area contributed by atoms with Gasteiger partial charge in [-0.2, -0.15) is 0 Å². The van der Waals surface area contributed by atoms with Crippen LogP contribution in [0.15, 0.2) is 5.16 Å². The van der Waals surface area contributed by atoms with Crippen LogP contribution in [0.4, 0.5) is 0 Å². The van der Waals surface area contributed by atoms with Crippen molar-refractivity contribution in [1.29, 1.82) is 0 Å². The molecule has 0 spiro atoms. The third-order valence-electron chi connectivity index (χ3n) is 0.940. The zero-order valence-electron chi connectivity index (χ0n) is 6.33. The Balaban J connectivity index is 0.000001000. The maximum Gasteiger partial charge on any atom is 0.185 e. The first-order valence-electron chi connectivity index (χ1n) is 2.73. The molecule has 0 bridgehead atoms. The molecule has 1 aromatic rings. The molecular formula is C6H7N2OSY-. The predicted molar refractivity (Wildman–Crippen MR) is 39.1 cm³/mol. The number of aromatic hydroxyl groups is 1. The van der Waals surface area contributed by atoms with E-state index in [4.69, 9.17) is 5.11 Å². The van der Waals surface area contributed by atoms with Crippen LogP contribution in [0, 0.1) is 13.0 Å². The van der Waals surface area contributed by atoms with Crippen LogP contribution in [0.25, 0.3) is 0 Å². The third kappa shape index (κ3) is 3.49. The molecule has 1 aromatic heterocycles. The molecule has 11 heavy (non-hydrogen) atoms. The molecule has 5 heteroatoms. The van der Waals surface area contributed by atoms with E-state index < -0.39 is 0 Å². The molecule has 0 aliphatic carbocycles. The fourth-order valence-corrected chi connectivity index (χ4v) is 0.974. The first kappa shape index (κ1) is 11.3. The van der Waals surface area contributed by atoms with Gasteiger partial charge in [-0.25, -0.2) is 4.98 Å². The molecule has 0 amide bonds. The maximum absolute atomic E-state index is 8.90. The molecule has 0 aliphatic rings. The van der Waals surface area contributed by atoms with Crippen LogP contribution in [-0.2, 0) is 32.7 Å². The van der Waals surface area contributed by atoms with E-state index in [2.05, 4.69) is 16.0 Å². The number of aromatic nitrogens is 2. The second-order valence-corrected chi connectivity index (χ2v) is 2.52. The molecule has 0 fully saturated rings. The molecule has 1 rings (SSSR count). The Morgan fingerprint density at radius 1 is 1.45 bits per heavy atom. The van der Waals surface area contributed by atoms with Gasteiger partial charge in [0.05, 0.1) is 0 Å². The fourth-order valence-electron chi connectivity index (χ4n) is 0.568. The Hall–Kier alpha value is 0.334. The molecule has 1 heterocycles. The number of rotatable bonds is 1.